The van der Waals surface area contributed by atoms with Crippen molar-refractivity contribution < 1.29 is 0 Å². The minimum Gasteiger partial charge on any atom is -0.334 e. The van der Waals surface area contributed by atoms with Crippen LogP contribution in [0.25, 0.3) is 0 Å². The highest BCUT2D eigenvalue weighted by Gasteiger charge is 2.22. The monoisotopic (exact) mass is 387 g/mol. The van der Waals surface area contributed by atoms with Crippen LogP contribution in [0.2, 0.25) is 5.02 Å². The Balaban J connectivity index is 1.90. The second-order valence-electron chi connectivity index (χ2n) is 6.26. The molecule has 1 aromatic heterocycles. The number of hydrogen-bond acceptors (Lipinski definition) is 2. The molecule has 136 valence electrons. The number of rotatable bonds is 8. The molecule has 0 saturated carbocycles. The van der Waals surface area contributed by atoms with E-state index in [0.717, 1.165) is 30.5 Å². The van der Waals surface area contributed by atoms with Gasteiger partial charge in [-0.1, -0.05) is 54.1 Å². The fraction of sp³-hybridized carbons (Fsp3) is 0.286. The van der Waals surface area contributed by atoms with Crippen molar-refractivity contribution in [1.82, 2.24) is 14.5 Å². The van der Waals surface area contributed by atoms with Crippen molar-refractivity contribution >= 4 is 23.2 Å². The SMILES string of the molecule is Cc1nccn1CCN(CCCl)C(c1ccccc1)c1ccc(Cl)cc1. The van der Waals surface area contributed by atoms with Gasteiger partial charge in [-0.2, -0.15) is 0 Å². The molecule has 0 fully saturated rings. The first-order valence-electron chi connectivity index (χ1n) is 8.77. The van der Waals surface area contributed by atoms with Crippen LogP contribution >= 0.6 is 23.2 Å². The Morgan fingerprint density at radius 2 is 1.69 bits per heavy atom. The maximum atomic E-state index is 6.15. The van der Waals surface area contributed by atoms with Gasteiger partial charge in [-0.05, 0) is 30.2 Å². The number of hydrogen-bond donors (Lipinski definition) is 0. The van der Waals surface area contributed by atoms with Gasteiger partial charge in [0.2, 0.25) is 0 Å². The van der Waals surface area contributed by atoms with Crippen molar-refractivity contribution in [3.05, 3.63) is 89.0 Å². The van der Waals surface area contributed by atoms with Crippen LogP contribution < -0.4 is 0 Å². The topological polar surface area (TPSA) is 21.1 Å². The molecule has 0 N–H and O–H groups in total. The predicted molar refractivity (Wildman–Crippen MR) is 109 cm³/mol. The molecule has 5 heteroatoms. The van der Waals surface area contributed by atoms with E-state index in [2.05, 4.69) is 50.8 Å². The quantitative estimate of drug-likeness (QED) is 0.496. The van der Waals surface area contributed by atoms with Gasteiger partial charge in [-0.25, -0.2) is 4.98 Å². The van der Waals surface area contributed by atoms with Gasteiger partial charge in [-0.3, -0.25) is 4.90 Å². The van der Waals surface area contributed by atoms with Crippen LogP contribution in [0.3, 0.4) is 0 Å². The predicted octanol–water partition coefficient (Wildman–Crippen LogP) is 5.18. The standard InChI is InChI=1S/C21H23Cl2N3/c1-17-24-12-14-25(17)15-16-26(13-11-22)21(18-5-3-2-4-6-18)19-7-9-20(23)10-8-19/h2-10,12,14,21H,11,13,15-16H2,1H3. The summed E-state index contributed by atoms with van der Waals surface area (Å²) in [5.41, 5.74) is 2.47. The number of imidazole rings is 1. The molecule has 0 radical (unpaired) electrons. The van der Waals surface area contributed by atoms with E-state index in [-0.39, 0.29) is 6.04 Å². The normalized spacial score (nSPS) is 12.5. The van der Waals surface area contributed by atoms with Crippen LogP contribution in [0.4, 0.5) is 0 Å². The van der Waals surface area contributed by atoms with Crippen molar-refractivity contribution in [2.45, 2.75) is 19.5 Å². The van der Waals surface area contributed by atoms with E-state index in [1.165, 1.54) is 11.1 Å². The summed E-state index contributed by atoms with van der Waals surface area (Å²) in [6, 6.07) is 18.8. The summed E-state index contributed by atoms with van der Waals surface area (Å²) < 4.78 is 2.17. The maximum absolute atomic E-state index is 6.15. The van der Waals surface area contributed by atoms with E-state index >= 15 is 0 Å². The summed E-state index contributed by atoms with van der Waals surface area (Å²) in [5.74, 6) is 1.61. The Hall–Kier alpha value is -1.81. The number of nitrogens with zero attached hydrogens (tertiary/aromatic N) is 3. The third kappa shape index (κ3) is 4.67. The van der Waals surface area contributed by atoms with Gasteiger partial charge in [-0.15, -0.1) is 11.6 Å². The van der Waals surface area contributed by atoms with Crippen molar-refractivity contribution in [2.24, 2.45) is 0 Å². The molecule has 0 spiro atoms. The summed E-state index contributed by atoms with van der Waals surface area (Å²) in [7, 11) is 0. The molecule has 3 aromatic rings. The first kappa shape index (κ1) is 19.0. The first-order valence-corrected chi connectivity index (χ1v) is 9.68. The third-order valence-corrected chi connectivity index (χ3v) is 5.01. The molecule has 1 atom stereocenters. The Morgan fingerprint density at radius 1 is 1.00 bits per heavy atom. The van der Waals surface area contributed by atoms with Crippen LogP contribution in [0.1, 0.15) is 23.0 Å². The van der Waals surface area contributed by atoms with Crippen LogP contribution in [0.15, 0.2) is 67.0 Å². The van der Waals surface area contributed by atoms with Crippen LogP contribution in [0, 0.1) is 6.92 Å². The summed E-state index contributed by atoms with van der Waals surface area (Å²) >= 11 is 12.3. The van der Waals surface area contributed by atoms with E-state index in [9.17, 15) is 0 Å². The minimum atomic E-state index is 0.135. The largest absolute Gasteiger partial charge is 0.334 e. The van der Waals surface area contributed by atoms with Crippen molar-refractivity contribution in [2.75, 3.05) is 19.0 Å². The van der Waals surface area contributed by atoms with Crippen LogP contribution in [0.5, 0.6) is 0 Å². The van der Waals surface area contributed by atoms with E-state index in [4.69, 9.17) is 23.2 Å². The zero-order chi connectivity index (χ0) is 18.4. The lowest BCUT2D eigenvalue weighted by Gasteiger charge is -2.32. The maximum Gasteiger partial charge on any atom is 0.105 e. The molecule has 1 unspecified atom stereocenters. The molecule has 2 aromatic carbocycles. The fourth-order valence-electron chi connectivity index (χ4n) is 3.25. The Labute approximate surface area is 165 Å². The Kier molecular flexibility index (Phi) is 6.73. The molecular weight excluding hydrogens is 365 g/mol. The zero-order valence-electron chi connectivity index (χ0n) is 14.9. The highest BCUT2D eigenvalue weighted by Crippen LogP contribution is 2.29. The highest BCUT2D eigenvalue weighted by molar-refractivity contribution is 6.30. The average Bonchev–Trinajstić information content (AvgIpc) is 3.07. The van der Waals surface area contributed by atoms with E-state index in [0.29, 0.717) is 5.88 Å². The second-order valence-corrected chi connectivity index (χ2v) is 7.07. The number of benzene rings is 2. The van der Waals surface area contributed by atoms with E-state index in [1.54, 1.807) is 0 Å². The lowest BCUT2D eigenvalue weighted by molar-refractivity contribution is 0.229. The second kappa shape index (κ2) is 9.22. The van der Waals surface area contributed by atoms with Crippen molar-refractivity contribution in [3.8, 4) is 0 Å². The number of aromatic nitrogens is 2. The van der Waals surface area contributed by atoms with Crippen LogP contribution in [-0.2, 0) is 6.54 Å². The van der Waals surface area contributed by atoms with Gasteiger partial charge >= 0.3 is 0 Å². The molecule has 26 heavy (non-hydrogen) atoms. The summed E-state index contributed by atoms with van der Waals surface area (Å²) in [5, 5.41) is 0.749. The molecule has 3 rings (SSSR count). The highest BCUT2D eigenvalue weighted by atomic mass is 35.5. The summed E-state index contributed by atoms with van der Waals surface area (Å²) in [6.07, 6.45) is 3.86. The molecule has 0 aliphatic carbocycles. The van der Waals surface area contributed by atoms with Crippen molar-refractivity contribution in [3.63, 3.8) is 0 Å². The average molecular weight is 388 g/mol. The van der Waals surface area contributed by atoms with Crippen LogP contribution in [-0.4, -0.2) is 33.4 Å². The summed E-state index contributed by atoms with van der Waals surface area (Å²) in [4.78, 5) is 6.74. The fourth-order valence-corrected chi connectivity index (χ4v) is 3.59. The molecule has 3 nitrogen and oxygen atoms in total. The first-order chi connectivity index (χ1) is 12.7. The Morgan fingerprint density at radius 3 is 2.31 bits per heavy atom. The smallest absolute Gasteiger partial charge is 0.105 e. The van der Waals surface area contributed by atoms with Gasteiger partial charge in [0, 0.05) is 42.9 Å². The Bertz CT molecular complexity index is 800. The molecule has 0 saturated heterocycles. The van der Waals surface area contributed by atoms with Crippen molar-refractivity contribution in [1.29, 1.82) is 0 Å². The summed E-state index contributed by atoms with van der Waals surface area (Å²) in [6.45, 7) is 4.59. The number of halogens is 2. The molecule has 0 aliphatic heterocycles. The number of alkyl halides is 1. The zero-order valence-corrected chi connectivity index (χ0v) is 16.4. The molecule has 0 bridgehead atoms. The molecule has 0 amide bonds. The van der Waals surface area contributed by atoms with Gasteiger partial charge in [0.15, 0.2) is 0 Å². The van der Waals surface area contributed by atoms with E-state index < -0.39 is 0 Å². The van der Waals surface area contributed by atoms with Gasteiger partial charge in [0.1, 0.15) is 5.82 Å². The molecule has 1 heterocycles. The van der Waals surface area contributed by atoms with Gasteiger partial charge < -0.3 is 4.57 Å². The number of aryl methyl sites for hydroxylation is 1. The molecule has 0 aliphatic rings. The lowest BCUT2D eigenvalue weighted by atomic mass is 9.97. The minimum absolute atomic E-state index is 0.135. The van der Waals surface area contributed by atoms with E-state index in [1.807, 2.05) is 37.5 Å². The molecular formula is C21H23Cl2N3. The van der Waals surface area contributed by atoms with Gasteiger partial charge in [0.25, 0.3) is 0 Å². The van der Waals surface area contributed by atoms with Gasteiger partial charge in [0.05, 0.1) is 6.04 Å². The lowest BCUT2D eigenvalue weighted by Crippen LogP contribution is -2.34. The third-order valence-electron chi connectivity index (χ3n) is 4.59.